The van der Waals surface area contributed by atoms with E-state index in [9.17, 15) is 9.18 Å². The number of nitrogens with zero attached hydrogens (tertiary/aromatic N) is 1. The van der Waals surface area contributed by atoms with Gasteiger partial charge in [0.05, 0.1) is 12.8 Å². The van der Waals surface area contributed by atoms with Crippen molar-refractivity contribution in [2.24, 2.45) is 7.05 Å². The van der Waals surface area contributed by atoms with Gasteiger partial charge in [0.1, 0.15) is 12.3 Å². The Hall–Kier alpha value is -2.50. The van der Waals surface area contributed by atoms with Crippen molar-refractivity contribution in [2.45, 2.75) is 6.61 Å². The minimum absolute atomic E-state index is 0.113. The van der Waals surface area contributed by atoms with Gasteiger partial charge in [-0.15, -0.1) is 0 Å². The lowest BCUT2D eigenvalue weighted by atomic mass is 10.2. The normalized spacial score (nSPS) is 10.3. The molecule has 0 unspecified atom stereocenters. The van der Waals surface area contributed by atoms with Crippen LogP contribution in [0.2, 0.25) is 0 Å². The fourth-order valence-corrected chi connectivity index (χ4v) is 1.84. The number of carbonyl (C=O) groups is 1. The van der Waals surface area contributed by atoms with Crippen molar-refractivity contribution in [3.8, 4) is 5.75 Å². The van der Waals surface area contributed by atoms with Crippen molar-refractivity contribution in [3.05, 3.63) is 47.5 Å². The largest absolute Gasteiger partial charge is 0.494 e. The standard InChI is InChI=1S/C14H15FN2O3/c1-17-7-10(16)6-11(17)14(18)20-8-9-4-3-5-12(19-2)13(9)15/h3-7H,8,16H2,1-2H3. The highest BCUT2D eigenvalue weighted by Gasteiger charge is 2.15. The first kappa shape index (κ1) is 13.9. The molecule has 1 aromatic heterocycles. The van der Waals surface area contributed by atoms with Crippen molar-refractivity contribution in [1.82, 2.24) is 4.57 Å². The molecule has 0 aliphatic carbocycles. The maximum atomic E-state index is 13.9. The molecule has 1 heterocycles. The third-order valence-corrected chi connectivity index (χ3v) is 2.86. The summed E-state index contributed by atoms with van der Waals surface area (Å²) in [6, 6.07) is 6.17. The maximum absolute atomic E-state index is 13.9. The van der Waals surface area contributed by atoms with E-state index in [1.54, 1.807) is 23.9 Å². The van der Waals surface area contributed by atoms with E-state index in [4.69, 9.17) is 15.2 Å². The van der Waals surface area contributed by atoms with Crippen LogP contribution < -0.4 is 10.5 Å². The van der Waals surface area contributed by atoms with Gasteiger partial charge in [-0.25, -0.2) is 9.18 Å². The van der Waals surface area contributed by atoms with Gasteiger partial charge in [-0.1, -0.05) is 12.1 Å². The van der Waals surface area contributed by atoms with Gasteiger partial charge in [-0.3, -0.25) is 0 Å². The lowest BCUT2D eigenvalue weighted by Gasteiger charge is -2.08. The van der Waals surface area contributed by atoms with Crippen LogP contribution in [0, 0.1) is 5.82 Å². The summed E-state index contributed by atoms with van der Waals surface area (Å²) in [7, 11) is 3.06. The molecule has 0 aliphatic heterocycles. The Morgan fingerprint density at radius 3 is 2.80 bits per heavy atom. The zero-order valence-corrected chi connectivity index (χ0v) is 11.2. The van der Waals surface area contributed by atoms with Crippen LogP contribution in [-0.4, -0.2) is 17.6 Å². The van der Waals surface area contributed by atoms with Crippen LogP contribution in [0.3, 0.4) is 0 Å². The molecule has 0 saturated carbocycles. The third kappa shape index (κ3) is 2.74. The van der Waals surface area contributed by atoms with Crippen molar-refractivity contribution >= 4 is 11.7 Å². The van der Waals surface area contributed by atoms with Crippen molar-refractivity contribution in [1.29, 1.82) is 0 Å². The summed E-state index contributed by atoms with van der Waals surface area (Å²) in [6.45, 7) is -0.174. The molecule has 0 bridgehead atoms. The first-order valence-corrected chi connectivity index (χ1v) is 5.93. The molecular weight excluding hydrogens is 263 g/mol. The smallest absolute Gasteiger partial charge is 0.355 e. The lowest BCUT2D eigenvalue weighted by Crippen LogP contribution is -2.10. The fraction of sp³-hybridized carbons (Fsp3) is 0.214. The topological polar surface area (TPSA) is 66.5 Å². The molecule has 1 aromatic carbocycles. The molecule has 0 atom stereocenters. The molecule has 0 fully saturated rings. The highest BCUT2D eigenvalue weighted by atomic mass is 19.1. The van der Waals surface area contributed by atoms with Crippen LogP contribution in [0.1, 0.15) is 16.1 Å². The first-order valence-electron chi connectivity index (χ1n) is 5.93. The van der Waals surface area contributed by atoms with E-state index in [0.717, 1.165) is 0 Å². The minimum Gasteiger partial charge on any atom is -0.494 e. The molecule has 0 saturated heterocycles. The van der Waals surface area contributed by atoms with Crippen molar-refractivity contribution in [3.63, 3.8) is 0 Å². The van der Waals surface area contributed by atoms with Gasteiger partial charge >= 0.3 is 5.97 Å². The van der Waals surface area contributed by atoms with E-state index >= 15 is 0 Å². The Morgan fingerprint density at radius 1 is 1.45 bits per heavy atom. The van der Waals surface area contributed by atoms with Crippen LogP contribution in [-0.2, 0) is 18.4 Å². The number of benzene rings is 1. The van der Waals surface area contributed by atoms with Gasteiger partial charge in [0.2, 0.25) is 0 Å². The van der Waals surface area contributed by atoms with E-state index in [-0.39, 0.29) is 17.9 Å². The van der Waals surface area contributed by atoms with Gasteiger partial charge in [0, 0.05) is 18.8 Å². The summed E-state index contributed by atoms with van der Waals surface area (Å²) in [6.07, 6.45) is 1.60. The number of ether oxygens (including phenoxy) is 2. The fourth-order valence-electron chi connectivity index (χ4n) is 1.84. The van der Waals surface area contributed by atoms with E-state index in [0.29, 0.717) is 11.4 Å². The Morgan fingerprint density at radius 2 is 2.20 bits per heavy atom. The average Bonchev–Trinajstić information content (AvgIpc) is 2.76. The number of methoxy groups -OCH3 is 1. The Balaban J connectivity index is 2.09. The van der Waals surface area contributed by atoms with E-state index in [2.05, 4.69) is 0 Å². The molecule has 106 valence electrons. The quantitative estimate of drug-likeness (QED) is 0.870. The zero-order chi connectivity index (χ0) is 14.7. The molecule has 0 radical (unpaired) electrons. The number of anilines is 1. The second kappa shape index (κ2) is 5.64. The number of hydrogen-bond donors (Lipinski definition) is 1. The van der Waals surface area contributed by atoms with Gasteiger partial charge in [-0.2, -0.15) is 0 Å². The van der Waals surface area contributed by atoms with Crippen LogP contribution in [0.25, 0.3) is 0 Å². The summed E-state index contributed by atoms with van der Waals surface area (Å²) in [5.74, 6) is -0.984. The molecule has 20 heavy (non-hydrogen) atoms. The predicted molar refractivity (Wildman–Crippen MR) is 71.9 cm³/mol. The first-order chi connectivity index (χ1) is 9.52. The van der Waals surface area contributed by atoms with Crippen LogP contribution in [0.5, 0.6) is 5.75 Å². The predicted octanol–water partition coefficient (Wildman–Crippen LogP) is 2.11. The minimum atomic E-state index is -0.564. The number of carbonyl (C=O) groups excluding carboxylic acids is 1. The lowest BCUT2D eigenvalue weighted by molar-refractivity contribution is 0.0457. The number of rotatable bonds is 4. The monoisotopic (exact) mass is 278 g/mol. The maximum Gasteiger partial charge on any atom is 0.355 e. The second-order valence-corrected chi connectivity index (χ2v) is 4.28. The van der Waals surface area contributed by atoms with E-state index in [1.807, 2.05) is 0 Å². The van der Waals surface area contributed by atoms with Crippen molar-refractivity contribution < 1.29 is 18.7 Å². The summed E-state index contributed by atoms with van der Waals surface area (Å²) in [5, 5.41) is 0. The van der Waals surface area contributed by atoms with Gasteiger partial charge in [-0.05, 0) is 12.1 Å². The molecule has 2 N–H and O–H groups in total. The number of esters is 1. The third-order valence-electron chi connectivity index (χ3n) is 2.86. The number of hydrogen-bond acceptors (Lipinski definition) is 4. The molecular formula is C14H15FN2O3. The summed E-state index contributed by atoms with van der Waals surface area (Å²) < 4.78 is 25.4. The van der Waals surface area contributed by atoms with Crippen LogP contribution in [0.15, 0.2) is 30.5 Å². The van der Waals surface area contributed by atoms with E-state index < -0.39 is 11.8 Å². The SMILES string of the molecule is COc1cccc(COC(=O)c2cc(N)cn2C)c1F. The average molecular weight is 278 g/mol. The summed E-state index contributed by atoms with van der Waals surface area (Å²) >= 11 is 0. The number of nitrogen functional groups attached to an aromatic ring is 1. The Labute approximate surface area is 115 Å². The molecule has 2 rings (SSSR count). The van der Waals surface area contributed by atoms with Crippen LogP contribution in [0.4, 0.5) is 10.1 Å². The Bertz CT molecular complexity index is 637. The summed E-state index contributed by atoms with van der Waals surface area (Å²) in [4.78, 5) is 11.9. The molecule has 0 spiro atoms. The molecule has 0 amide bonds. The highest BCUT2D eigenvalue weighted by molar-refractivity contribution is 5.89. The van der Waals surface area contributed by atoms with Crippen LogP contribution >= 0.6 is 0 Å². The van der Waals surface area contributed by atoms with E-state index in [1.165, 1.54) is 25.3 Å². The second-order valence-electron chi connectivity index (χ2n) is 4.28. The molecule has 6 heteroatoms. The molecule has 0 aliphatic rings. The molecule has 5 nitrogen and oxygen atoms in total. The summed E-state index contributed by atoms with van der Waals surface area (Å²) in [5.41, 5.74) is 6.61. The zero-order valence-electron chi connectivity index (χ0n) is 11.2. The Kier molecular flexibility index (Phi) is 3.93. The van der Waals surface area contributed by atoms with Gasteiger partial charge < -0.3 is 19.8 Å². The van der Waals surface area contributed by atoms with Gasteiger partial charge in [0.25, 0.3) is 0 Å². The number of aryl methyl sites for hydroxylation is 1. The highest BCUT2D eigenvalue weighted by Crippen LogP contribution is 2.21. The molecule has 2 aromatic rings. The van der Waals surface area contributed by atoms with Gasteiger partial charge in [0.15, 0.2) is 11.6 Å². The number of aromatic nitrogens is 1. The number of halogens is 1. The number of nitrogens with two attached hydrogens (primary N) is 1. The van der Waals surface area contributed by atoms with Crippen molar-refractivity contribution in [2.75, 3.05) is 12.8 Å².